The van der Waals surface area contributed by atoms with Gasteiger partial charge < -0.3 is 5.32 Å². The smallest absolute Gasteiger partial charge is 0.230 e. The van der Waals surface area contributed by atoms with Crippen molar-refractivity contribution in [2.24, 2.45) is 0 Å². The highest BCUT2D eigenvalue weighted by Crippen LogP contribution is 2.25. The zero-order valence-electron chi connectivity index (χ0n) is 17.1. The summed E-state index contributed by atoms with van der Waals surface area (Å²) in [6, 6.07) is 20.1. The fourth-order valence-electron chi connectivity index (χ4n) is 3.61. The molecule has 2 heterocycles. The van der Waals surface area contributed by atoms with E-state index >= 15 is 0 Å². The lowest BCUT2D eigenvalue weighted by Crippen LogP contribution is -2.25. The van der Waals surface area contributed by atoms with Crippen molar-refractivity contribution in [2.45, 2.75) is 24.8 Å². The molecular formula is C23H25N3O3S2. The molecule has 0 radical (unpaired) electrons. The molecule has 8 heteroatoms. The van der Waals surface area contributed by atoms with Crippen LogP contribution in [0.3, 0.4) is 0 Å². The number of amides is 1. The predicted molar refractivity (Wildman–Crippen MR) is 125 cm³/mol. The van der Waals surface area contributed by atoms with Crippen molar-refractivity contribution in [3.05, 3.63) is 78.0 Å². The number of carbonyl (C=O) groups excluding carboxylic acids is 1. The number of aromatic nitrogens is 2. The second-order valence-electron chi connectivity index (χ2n) is 7.66. The minimum absolute atomic E-state index is 0.0178. The maximum Gasteiger partial charge on any atom is 0.230 e. The van der Waals surface area contributed by atoms with E-state index in [9.17, 15) is 13.2 Å². The van der Waals surface area contributed by atoms with E-state index in [0.29, 0.717) is 19.5 Å². The third kappa shape index (κ3) is 5.98. The Morgan fingerprint density at radius 1 is 1.10 bits per heavy atom. The van der Waals surface area contributed by atoms with E-state index in [2.05, 4.69) is 17.4 Å². The van der Waals surface area contributed by atoms with E-state index in [-0.39, 0.29) is 28.4 Å². The standard InChI is InChI=1S/C23H25N3O3S2/c27-22(16-30-21-11-12-31(28,29)17-21)24-13-20-15-26(14-18-7-3-1-4-8-18)25-23(20)19-9-5-2-6-10-19/h1-10,15,21H,11-14,16-17H2,(H,24,27)/t21-/m1/s1. The topological polar surface area (TPSA) is 81.1 Å². The largest absolute Gasteiger partial charge is 0.351 e. The average Bonchev–Trinajstić information content (AvgIpc) is 3.34. The lowest BCUT2D eigenvalue weighted by molar-refractivity contribution is -0.118. The van der Waals surface area contributed by atoms with Gasteiger partial charge in [-0.15, -0.1) is 11.8 Å². The van der Waals surface area contributed by atoms with Crippen molar-refractivity contribution in [2.75, 3.05) is 17.3 Å². The Morgan fingerprint density at radius 2 is 1.81 bits per heavy atom. The first-order valence-corrected chi connectivity index (χ1v) is 13.1. The number of hydrogen-bond donors (Lipinski definition) is 1. The van der Waals surface area contributed by atoms with Crippen molar-refractivity contribution in [1.29, 1.82) is 0 Å². The van der Waals surface area contributed by atoms with Crippen molar-refractivity contribution in [3.63, 3.8) is 0 Å². The molecule has 0 unspecified atom stereocenters. The number of hydrogen-bond acceptors (Lipinski definition) is 5. The lowest BCUT2D eigenvalue weighted by atomic mass is 10.1. The van der Waals surface area contributed by atoms with Gasteiger partial charge in [0.25, 0.3) is 0 Å². The van der Waals surface area contributed by atoms with Crippen molar-refractivity contribution in [1.82, 2.24) is 15.1 Å². The molecule has 31 heavy (non-hydrogen) atoms. The van der Waals surface area contributed by atoms with Crippen LogP contribution in [0.5, 0.6) is 0 Å². The minimum Gasteiger partial charge on any atom is -0.351 e. The Bertz CT molecular complexity index is 1130. The van der Waals surface area contributed by atoms with E-state index < -0.39 is 9.84 Å². The van der Waals surface area contributed by atoms with Crippen molar-refractivity contribution in [3.8, 4) is 11.3 Å². The second kappa shape index (κ2) is 9.70. The third-order valence-electron chi connectivity index (χ3n) is 5.19. The van der Waals surface area contributed by atoms with Crippen LogP contribution < -0.4 is 5.32 Å². The van der Waals surface area contributed by atoms with E-state index in [4.69, 9.17) is 5.10 Å². The molecule has 1 N–H and O–H groups in total. The minimum atomic E-state index is -2.92. The molecule has 0 spiro atoms. The molecule has 0 bridgehead atoms. The van der Waals surface area contributed by atoms with Crippen LogP contribution >= 0.6 is 11.8 Å². The van der Waals surface area contributed by atoms with Crippen molar-refractivity contribution < 1.29 is 13.2 Å². The molecule has 2 aromatic carbocycles. The van der Waals surface area contributed by atoms with Crippen LogP contribution in [-0.4, -0.2) is 46.6 Å². The Labute approximate surface area is 187 Å². The SMILES string of the molecule is O=C(CS[C@@H]1CCS(=O)(=O)C1)NCc1cn(Cc2ccccc2)nc1-c1ccccc1. The van der Waals surface area contributed by atoms with Gasteiger partial charge in [-0.3, -0.25) is 9.48 Å². The van der Waals surface area contributed by atoms with Crippen molar-refractivity contribution >= 4 is 27.5 Å². The highest BCUT2D eigenvalue weighted by atomic mass is 32.2. The maximum absolute atomic E-state index is 12.4. The van der Waals surface area contributed by atoms with Crippen LogP contribution in [0.2, 0.25) is 0 Å². The molecular weight excluding hydrogens is 430 g/mol. The molecule has 3 aromatic rings. The van der Waals surface area contributed by atoms with E-state index in [0.717, 1.165) is 22.4 Å². The second-order valence-corrected chi connectivity index (χ2v) is 11.2. The Balaban J connectivity index is 1.42. The van der Waals surface area contributed by atoms with Gasteiger partial charge in [0.05, 0.1) is 29.5 Å². The molecule has 162 valence electrons. The predicted octanol–water partition coefficient (Wildman–Crippen LogP) is 3.13. The van der Waals surface area contributed by atoms with E-state index in [1.165, 1.54) is 11.8 Å². The van der Waals surface area contributed by atoms with Gasteiger partial charge in [-0.2, -0.15) is 5.10 Å². The Kier molecular flexibility index (Phi) is 6.77. The molecule has 1 aliphatic rings. The maximum atomic E-state index is 12.4. The van der Waals surface area contributed by atoms with Crippen LogP contribution in [0.25, 0.3) is 11.3 Å². The van der Waals surface area contributed by atoms with Crippen LogP contribution in [0, 0.1) is 0 Å². The van der Waals surface area contributed by atoms with Gasteiger partial charge in [0, 0.05) is 29.1 Å². The van der Waals surface area contributed by atoms with Gasteiger partial charge in [-0.05, 0) is 12.0 Å². The van der Waals surface area contributed by atoms with Crippen LogP contribution in [0.15, 0.2) is 66.9 Å². The monoisotopic (exact) mass is 455 g/mol. The molecule has 1 amide bonds. The molecule has 0 saturated carbocycles. The normalized spacial score (nSPS) is 17.5. The number of nitrogens with one attached hydrogen (secondary N) is 1. The molecule has 4 rings (SSSR count). The fourth-order valence-corrected chi connectivity index (χ4v) is 7.09. The fraction of sp³-hybridized carbons (Fsp3) is 0.304. The summed E-state index contributed by atoms with van der Waals surface area (Å²) in [6.45, 7) is 1.03. The third-order valence-corrected chi connectivity index (χ3v) is 8.47. The van der Waals surface area contributed by atoms with Gasteiger partial charge in [-0.1, -0.05) is 60.7 Å². The van der Waals surface area contributed by atoms with Gasteiger partial charge in [-0.25, -0.2) is 8.42 Å². The molecule has 1 saturated heterocycles. The molecule has 1 aliphatic heterocycles. The van der Waals surface area contributed by atoms with Crippen LogP contribution in [0.4, 0.5) is 0 Å². The summed E-state index contributed by atoms with van der Waals surface area (Å²) < 4.78 is 25.1. The molecule has 6 nitrogen and oxygen atoms in total. The molecule has 1 fully saturated rings. The number of benzene rings is 2. The summed E-state index contributed by atoms with van der Waals surface area (Å²) in [6.07, 6.45) is 2.61. The number of carbonyl (C=O) groups is 1. The quantitative estimate of drug-likeness (QED) is 0.564. The first kappa shape index (κ1) is 21.6. The zero-order valence-corrected chi connectivity index (χ0v) is 18.7. The Hall–Kier alpha value is -2.58. The first-order chi connectivity index (χ1) is 15.0. The summed E-state index contributed by atoms with van der Waals surface area (Å²) in [4.78, 5) is 12.4. The van der Waals surface area contributed by atoms with Gasteiger partial charge in [0.1, 0.15) is 0 Å². The molecule has 1 aromatic heterocycles. The van der Waals surface area contributed by atoms with E-state index in [1.807, 2.05) is 59.4 Å². The van der Waals surface area contributed by atoms with Crippen LogP contribution in [-0.2, 0) is 27.7 Å². The number of thioether (sulfide) groups is 1. The molecule has 1 atom stereocenters. The van der Waals surface area contributed by atoms with Crippen LogP contribution in [0.1, 0.15) is 17.5 Å². The van der Waals surface area contributed by atoms with Gasteiger partial charge in [0.2, 0.25) is 5.91 Å². The lowest BCUT2D eigenvalue weighted by Gasteiger charge is -2.08. The summed E-state index contributed by atoms with van der Waals surface area (Å²) in [5, 5.41) is 7.76. The summed E-state index contributed by atoms with van der Waals surface area (Å²) in [5.41, 5.74) is 3.96. The zero-order chi connectivity index (χ0) is 21.7. The van der Waals surface area contributed by atoms with E-state index in [1.54, 1.807) is 0 Å². The average molecular weight is 456 g/mol. The first-order valence-electron chi connectivity index (χ1n) is 10.2. The highest BCUT2D eigenvalue weighted by Gasteiger charge is 2.28. The summed E-state index contributed by atoms with van der Waals surface area (Å²) in [7, 11) is -2.92. The number of sulfone groups is 1. The highest BCUT2D eigenvalue weighted by molar-refractivity contribution is 8.02. The Morgan fingerprint density at radius 3 is 2.48 bits per heavy atom. The summed E-state index contributed by atoms with van der Waals surface area (Å²) >= 11 is 1.43. The van der Waals surface area contributed by atoms with Gasteiger partial charge >= 0.3 is 0 Å². The van der Waals surface area contributed by atoms with Gasteiger partial charge in [0.15, 0.2) is 9.84 Å². The molecule has 0 aliphatic carbocycles. The summed E-state index contributed by atoms with van der Waals surface area (Å²) in [5.74, 6) is 0.575. The number of rotatable bonds is 8. The number of nitrogens with zero attached hydrogens (tertiary/aromatic N) is 2.